The summed E-state index contributed by atoms with van der Waals surface area (Å²) in [5, 5.41) is 12.2. The highest BCUT2D eigenvalue weighted by molar-refractivity contribution is 5.36. The number of aryl methyl sites for hydroxylation is 1. The molecule has 2 heterocycles. The highest BCUT2D eigenvalue weighted by Gasteiger charge is 2.25. The summed E-state index contributed by atoms with van der Waals surface area (Å²) in [6.45, 7) is 6.20. The topological polar surface area (TPSA) is 42.7 Å². The molecule has 1 N–H and O–H groups in total. The summed E-state index contributed by atoms with van der Waals surface area (Å²) in [4.78, 5) is 0. The monoisotopic (exact) mass is 256 g/mol. The van der Waals surface area contributed by atoms with Gasteiger partial charge in [-0.15, -0.1) is 10.2 Å². The van der Waals surface area contributed by atoms with Crippen LogP contribution in [0.3, 0.4) is 0 Å². The SMILES string of the molecule is CCCn1c(C)nnc1C1NCCc2ccccc21. The average Bonchev–Trinajstić information content (AvgIpc) is 2.80. The molecule has 0 saturated carbocycles. The van der Waals surface area contributed by atoms with Gasteiger partial charge in [-0.25, -0.2) is 0 Å². The largest absolute Gasteiger partial charge is 0.314 e. The Labute approximate surface area is 113 Å². The first-order valence-corrected chi connectivity index (χ1v) is 7.02. The van der Waals surface area contributed by atoms with Crippen LogP contribution in [0.5, 0.6) is 0 Å². The third kappa shape index (κ3) is 2.16. The Bertz CT molecular complexity index is 573. The predicted octanol–water partition coefficient (Wildman–Crippen LogP) is 2.23. The molecule has 100 valence electrons. The van der Waals surface area contributed by atoms with Crippen LogP contribution in [0, 0.1) is 6.92 Å². The van der Waals surface area contributed by atoms with E-state index in [1.54, 1.807) is 0 Å². The Hall–Kier alpha value is -1.68. The lowest BCUT2D eigenvalue weighted by Gasteiger charge is -2.26. The molecule has 0 bridgehead atoms. The second kappa shape index (κ2) is 5.13. The highest BCUT2D eigenvalue weighted by Crippen LogP contribution is 2.27. The van der Waals surface area contributed by atoms with E-state index in [1.165, 1.54) is 11.1 Å². The van der Waals surface area contributed by atoms with Gasteiger partial charge in [-0.2, -0.15) is 0 Å². The number of nitrogens with zero attached hydrogens (tertiary/aromatic N) is 3. The molecule has 2 aromatic rings. The minimum Gasteiger partial charge on any atom is -0.314 e. The molecule has 1 aliphatic rings. The van der Waals surface area contributed by atoms with Crippen LogP contribution in [-0.4, -0.2) is 21.3 Å². The van der Waals surface area contributed by atoms with Gasteiger partial charge >= 0.3 is 0 Å². The Kier molecular flexibility index (Phi) is 3.34. The summed E-state index contributed by atoms with van der Waals surface area (Å²) in [5.41, 5.74) is 2.77. The van der Waals surface area contributed by atoms with E-state index in [-0.39, 0.29) is 6.04 Å². The van der Waals surface area contributed by atoms with Gasteiger partial charge in [-0.3, -0.25) is 0 Å². The van der Waals surface area contributed by atoms with E-state index in [4.69, 9.17) is 0 Å². The van der Waals surface area contributed by atoms with Crippen LogP contribution in [0.25, 0.3) is 0 Å². The van der Waals surface area contributed by atoms with E-state index < -0.39 is 0 Å². The predicted molar refractivity (Wildman–Crippen MR) is 75.0 cm³/mol. The molecule has 1 unspecified atom stereocenters. The molecule has 4 heteroatoms. The fourth-order valence-corrected chi connectivity index (χ4v) is 2.85. The van der Waals surface area contributed by atoms with Gasteiger partial charge in [0, 0.05) is 13.1 Å². The van der Waals surface area contributed by atoms with Gasteiger partial charge in [0.15, 0.2) is 5.82 Å². The van der Waals surface area contributed by atoms with Crippen molar-refractivity contribution in [1.82, 2.24) is 20.1 Å². The second-order valence-electron chi connectivity index (χ2n) is 5.09. The normalized spacial score (nSPS) is 18.3. The van der Waals surface area contributed by atoms with Gasteiger partial charge in [0.25, 0.3) is 0 Å². The number of fused-ring (bicyclic) bond motifs is 1. The van der Waals surface area contributed by atoms with Gasteiger partial charge in [-0.05, 0) is 30.9 Å². The van der Waals surface area contributed by atoms with E-state index in [2.05, 4.69) is 51.3 Å². The standard InChI is InChI=1S/C15H20N4/c1-3-10-19-11(2)17-18-15(19)14-13-7-5-4-6-12(13)8-9-16-14/h4-7,14,16H,3,8-10H2,1-2H3. The van der Waals surface area contributed by atoms with Gasteiger partial charge in [-0.1, -0.05) is 31.2 Å². The van der Waals surface area contributed by atoms with Crippen LogP contribution in [0.1, 0.15) is 42.2 Å². The van der Waals surface area contributed by atoms with Crippen LogP contribution < -0.4 is 5.32 Å². The summed E-state index contributed by atoms with van der Waals surface area (Å²) in [6.07, 6.45) is 2.19. The van der Waals surface area contributed by atoms with Crippen molar-refractivity contribution in [3.8, 4) is 0 Å². The van der Waals surface area contributed by atoms with Crippen molar-refractivity contribution >= 4 is 0 Å². The van der Waals surface area contributed by atoms with Gasteiger partial charge in [0.2, 0.25) is 0 Å². The molecule has 1 aromatic carbocycles. The van der Waals surface area contributed by atoms with Gasteiger partial charge in [0.1, 0.15) is 5.82 Å². The third-order valence-electron chi connectivity index (χ3n) is 3.78. The molecule has 0 fully saturated rings. The first-order chi connectivity index (χ1) is 9.31. The zero-order valence-corrected chi connectivity index (χ0v) is 11.6. The fraction of sp³-hybridized carbons (Fsp3) is 0.467. The van der Waals surface area contributed by atoms with Crippen molar-refractivity contribution < 1.29 is 0 Å². The maximum absolute atomic E-state index is 4.41. The lowest BCUT2D eigenvalue weighted by atomic mass is 9.94. The Morgan fingerprint density at radius 1 is 1.32 bits per heavy atom. The van der Waals surface area contributed by atoms with Crippen LogP contribution in [-0.2, 0) is 13.0 Å². The van der Waals surface area contributed by atoms with E-state index in [1.807, 2.05) is 6.92 Å². The molecular formula is C15H20N4. The van der Waals surface area contributed by atoms with Gasteiger partial charge < -0.3 is 9.88 Å². The minimum atomic E-state index is 0.178. The average molecular weight is 256 g/mol. The van der Waals surface area contributed by atoms with Crippen molar-refractivity contribution in [2.75, 3.05) is 6.54 Å². The first-order valence-electron chi connectivity index (χ1n) is 7.02. The lowest BCUT2D eigenvalue weighted by Crippen LogP contribution is -2.32. The third-order valence-corrected chi connectivity index (χ3v) is 3.78. The summed E-state index contributed by atoms with van der Waals surface area (Å²) < 4.78 is 2.24. The molecular weight excluding hydrogens is 236 g/mol. The van der Waals surface area contributed by atoms with Crippen molar-refractivity contribution in [3.05, 3.63) is 47.0 Å². The van der Waals surface area contributed by atoms with E-state index in [0.29, 0.717) is 0 Å². The van der Waals surface area contributed by atoms with Crippen LogP contribution in [0.15, 0.2) is 24.3 Å². The number of nitrogens with one attached hydrogen (secondary N) is 1. The number of aromatic nitrogens is 3. The smallest absolute Gasteiger partial charge is 0.154 e. The minimum absolute atomic E-state index is 0.178. The lowest BCUT2D eigenvalue weighted by molar-refractivity contribution is 0.506. The quantitative estimate of drug-likeness (QED) is 0.915. The Balaban J connectivity index is 2.04. The molecule has 1 atom stereocenters. The van der Waals surface area contributed by atoms with E-state index in [0.717, 1.165) is 37.6 Å². The summed E-state index contributed by atoms with van der Waals surface area (Å²) in [6, 6.07) is 8.82. The second-order valence-corrected chi connectivity index (χ2v) is 5.09. The van der Waals surface area contributed by atoms with Crippen molar-refractivity contribution in [2.45, 2.75) is 39.3 Å². The fourth-order valence-electron chi connectivity index (χ4n) is 2.85. The molecule has 3 rings (SSSR count). The maximum Gasteiger partial charge on any atom is 0.154 e. The summed E-state index contributed by atoms with van der Waals surface area (Å²) >= 11 is 0. The van der Waals surface area contributed by atoms with Crippen molar-refractivity contribution in [2.24, 2.45) is 0 Å². The van der Waals surface area contributed by atoms with Crippen molar-refractivity contribution in [1.29, 1.82) is 0 Å². The summed E-state index contributed by atoms with van der Waals surface area (Å²) in [5.74, 6) is 2.05. The van der Waals surface area contributed by atoms with Gasteiger partial charge in [0.05, 0.1) is 6.04 Å². The molecule has 1 aliphatic heterocycles. The Morgan fingerprint density at radius 3 is 3.00 bits per heavy atom. The number of rotatable bonds is 3. The number of hydrogen-bond acceptors (Lipinski definition) is 3. The molecule has 0 radical (unpaired) electrons. The zero-order chi connectivity index (χ0) is 13.2. The molecule has 0 aliphatic carbocycles. The van der Waals surface area contributed by atoms with Crippen LogP contribution >= 0.6 is 0 Å². The van der Waals surface area contributed by atoms with E-state index in [9.17, 15) is 0 Å². The highest BCUT2D eigenvalue weighted by atomic mass is 15.3. The van der Waals surface area contributed by atoms with Crippen LogP contribution in [0.4, 0.5) is 0 Å². The molecule has 1 aromatic heterocycles. The van der Waals surface area contributed by atoms with Crippen LogP contribution in [0.2, 0.25) is 0 Å². The molecule has 19 heavy (non-hydrogen) atoms. The first kappa shape index (κ1) is 12.4. The Morgan fingerprint density at radius 2 is 2.16 bits per heavy atom. The molecule has 0 spiro atoms. The van der Waals surface area contributed by atoms with E-state index >= 15 is 0 Å². The van der Waals surface area contributed by atoms with Crippen molar-refractivity contribution in [3.63, 3.8) is 0 Å². The summed E-state index contributed by atoms with van der Waals surface area (Å²) in [7, 11) is 0. The number of hydrogen-bond donors (Lipinski definition) is 1. The molecule has 0 saturated heterocycles. The zero-order valence-electron chi connectivity index (χ0n) is 11.6. The molecule has 0 amide bonds. The maximum atomic E-state index is 4.41. The molecule has 4 nitrogen and oxygen atoms in total. The number of benzene rings is 1.